The van der Waals surface area contributed by atoms with Gasteiger partial charge in [-0.05, 0) is 25.1 Å². The van der Waals surface area contributed by atoms with Crippen LogP contribution in [0, 0.1) is 12.7 Å². The average molecular weight is 264 g/mol. The molecular weight excluding hydrogens is 251 g/mol. The lowest BCUT2D eigenvalue weighted by Gasteiger charge is -2.02. The summed E-state index contributed by atoms with van der Waals surface area (Å²) in [6.07, 6.45) is 1.59. The summed E-state index contributed by atoms with van der Waals surface area (Å²) < 4.78 is 19.9. The molecule has 6 heteroatoms. The van der Waals surface area contributed by atoms with Crippen LogP contribution in [0.1, 0.15) is 5.82 Å². The molecule has 0 aliphatic carbocycles. The highest BCUT2D eigenvalue weighted by Crippen LogP contribution is 2.24. The van der Waals surface area contributed by atoms with Gasteiger partial charge in [0.15, 0.2) is 11.6 Å². The van der Waals surface area contributed by atoms with Gasteiger partial charge in [-0.25, -0.2) is 9.37 Å². The first kappa shape index (κ1) is 13.1. The van der Waals surface area contributed by atoms with Crippen LogP contribution in [0.4, 0.5) is 4.39 Å². The van der Waals surface area contributed by atoms with Crippen LogP contribution in [0.15, 0.2) is 24.4 Å². The van der Waals surface area contributed by atoms with E-state index >= 15 is 0 Å². The number of ether oxygens (including phenoxy) is 1. The Kier molecular flexibility index (Phi) is 3.50. The maximum absolute atomic E-state index is 13.6. The van der Waals surface area contributed by atoms with E-state index in [1.54, 1.807) is 19.2 Å². The number of carboxylic acid groups (broad SMARTS) is 1. The molecule has 0 atom stereocenters. The number of carbonyl (C=O) groups is 1. The molecule has 2 rings (SSSR count). The van der Waals surface area contributed by atoms with Gasteiger partial charge < -0.3 is 14.4 Å². The second-order valence-electron chi connectivity index (χ2n) is 4.04. The molecule has 0 saturated heterocycles. The van der Waals surface area contributed by atoms with Crippen molar-refractivity contribution in [3.8, 4) is 17.0 Å². The van der Waals surface area contributed by atoms with Crippen LogP contribution in [0.25, 0.3) is 11.3 Å². The molecular formula is C13H13FN2O3. The topological polar surface area (TPSA) is 64.3 Å². The predicted octanol–water partition coefficient (Wildman–Crippen LogP) is 2.09. The number of rotatable bonds is 4. The molecule has 5 nitrogen and oxygen atoms in total. The van der Waals surface area contributed by atoms with Gasteiger partial charge >= 0.3 is 5.97 Å². The molecule has 0 spiro atoms. The number of halogens is 1. The van der Waals surface area contributed by atoms with Crippen molar-refractivity contribution in [3.63, 3.8) is 0 Å². The Bertz CT molecular complexity index is 622. The van der Waals surface area contributed by atoms with Crippen LogP contribution >= 0.6 is 0 Å². The minimum Gasteiger partial charge on any atom is -0.494 e. The van der Waals surface area contributed by atoms with Gasteiger partial charge in [-0.1, -0.05) is 0 Å². The molecule has 1 aromatic carbocycles. The Balaban J connectivity index is 2.37. The smallest absolute Gasteiger partial charge is 0.323 e. The molecule has 1 aromatic heterocycles. The third kappa shape index (κ3) is 2.73. The second-order valence-corrected chi connectivity index (χ2v) is 4.04. The SMILES string of the molecule is COc1ccc(-c2cn(CC(=O)O)c(C)n2)cc1F. The van der Waals surface area contributed by atoms with E-state index in [0.717, 1.165) is 0 Å². The minimum absolute atomic E-state index is 0.158. The van der Waals surface area contributed by atoms with Crippen molar-refractivity contribution in [2.24, 2.45) is 0 Å². The van der Waals surface area contributed by atoms with E-state index in [1.165, 1.54) is 23.8 Å². The zero-order valence-corrected chi connectivity index (χ0v) is 10.6. The Hall–Kier alpha value is -2.37. The zero-order valence-electron chi connectivity index (χ0n) is 10.6. The molecule has 1 heterocycles. The number of hydrogen-bond donors (Lipinski definition) is 1. The monoisotopic (exact) mass is 264 g/mol. The van der Waals surface area contributed by atoms with E-state index in [4.69, 9.17) is 9.84 Å². The number of imidazole rings is 1. The van der Waals surface area contributed by atoms with Gasteiger partial charge in [0, 0.05) is 11.8 Å². The van der Waals surface area contributed by atoms with Gasteiger partial charge in [-0.15, -0.1) is 0 Å². The number of aliphatic carboxylic acids is 1. The number of carboxylic acids is 1. The zero-order chi connectivity index (χ0) is 14.0. The first-order valence-electron chi connectivity index (χ1n) is 5.60. The van der Waals surface area contributed by atoms with Gasteiger partial charge in [0.1, 0.15) is 12.4 Å². The summed E-state index contributed by atoms with van der Waals surface area (Å²) in [7, 11) is 1.39. The van der Waals surface area contributed by atoms with Crippen molar-refractivity contribution in [1.82, 2.24) is 9.55 Å². The molecule has 0 aliphatic rings. The van der Waals surface area contributed by atoms with Crippen LogP contribution in [-0.2, 0) is 11.3 Å². The molecule has 1 N–H and O–H groups in total. The Morgan fingerprint density at radius 2 is 2.26 bits per heavy atom. The highest BCUT2D eigenvalue weighted by atomic mass is 19.1. The normalized spacial score (nSPS) is 10.5. The molecule has 100 valence electrons. The summed E-state index contributed by atoms with van der Waals surface area (Å²) in [4.78, 5) is 14.9. The molecule has 0 unspecified atom stereocenters. The fourth-order valence-corrected chi connectivity index (χ4v) is 1.78. The van der Waals surface area contributed by atoms with Crippen molar-refractivity contribution in [2.45, 2.75) is 13.5 Å². The Morgan fingerprint density at radius 1 is 1.53 bits per heavy atom. The predicted molar refractivity (Wildman–Crippen MR) is 66.5 cm³/mol. The van der Waals surface area contributed by atoms with E-state index in [0.29, 0.717) is 17.1 Å². The van der Waals surface area contributed by atoms with Gasteiger partial charge in [-0.3, -0.25) is 4.79 Å². The molecule has 0 amide bonds. The minimum atomic E-state index is -0.951. The Labute approximate surface area is 109 Å². The molecule has 2 aromatic rings. The molecule has 19 heavy (non-hydrogen) atoms. The quantitative estimate of drug-likeness (QED) is 0.918. The molecule has 0 saturated carbocycles. The number of aromatic nitrogens is 2. The summed E-state index contributed by atoms with van der Waals surface area (Å²) in [5.41, 5.74) is 1.10. The van der Waals surface area contributed by atoms with E-state index in [1.807, 2.05) is 0 Å². The largest absolute Gasteiger partial charge is 0.494 e. The van der Waals surface area contributed by atoms with Gasteiger partial charge in [0.25, 0.3) is 0 Å². The first-order valence-corrected chi connectivity index (χ1v) is 5.60. The lowest BCUT2D eigenvalue weighted by atomic mass is 10.1. The van der Waals surface area contributed by atoms with Crippen molar-refractivity contribution in [1.29, 1.82) is 0 Å². The summed E-state index contributed by atoms with van der Waals surface area (Å²) in [5, 5.41) is 8.76. The highest BCUT2D eigenvalue weighted by Gasteiger charge is 2.11. The summed E-state index contributed by atoms with van der Waals surface area (Å²) in [6, 6.07) is 4.50. The van der Waals surface area contributed by atoms with Crippen LogP contribution in [-0.4, -0.2) is 27.7 Å². The van der Waals surface area contributed by atoms with Crippen LogP contribution in [0.2, 0.25) is 0 Å². The van der Waals surface area contributed by atoms with Gasteiger partial charge in [0.05, 0.1) is 12.8 Å². The fraction of sp³-hybridized carbons (Fsp3) is 0.231. The van der Waals surface area contributed by atoms with Crippen molar-refractivity contribution in [2.75, 3.05) is 7.11 Å². The van der Waals surface area contributed by atoms with Crippen LogP contribution in [0.3, 0.4) is 0 Å². The summed E-state index contributed by atoms with van der Waals surface area (Å²) in [5.74, 6) is -0.711. The lowest BCUT2D eigenvalue weighted by Crippen LogP contribution is -2.08. The van der Waals surface area contributed by atoms with Gasteiger partial charge in [0.2, 0.25) is 0 Å². The number of methoxy groups -OCH3 is 1. The standard InChI is InChI=1S/C13H13FN2O3/c1-8-15-11(6-16(8)7-13(17)18)9-3-4-12(19-2)10(14)5-9/h3-6H,7H2,1-2H3,(H,17,18). The van der Waals surface area contributed by atoms with E-state index in [2.05, 4.69) is 4.98 Å². The molecule has 0 aliphatic heterocycles. The van der Waals surface area contributed by atoms with E-state index in [-0.39, 0.29) is 12.3 Å². The van der Waals surface area contributed by atoms with Crippen molar-refractivity contribution < 1.29 is 19.0 Å². The highest BCUT2D eigenvalue weighted by molar-refractivity contribution is 5.67. The molecule has 0 radical (unpaired) electrons. The number of aryl methyl sites for hydroxylation is 1. The van der Waals surface area contributed by atoms with Crippen LogP contribution in [0.5, 0.6) is 5.75 Å². The third-order valence-electron chi connectivity index (χ3n) is 2.73. The molecule has 0 fully saturated rings. The van der Waals surface area contributed by atoms with E-state index in [9.17, 15) is 9.18 Å². The summed E-state index contributed by atoms with van der Waals surface area (Å²) >= 11 is 0. The van der Waals surface area contributed by atoms with Crippen LogP contribution < -0.4 is 4.74 Å². The van der Waals surface area contributed by atoms with Crippen molar-refractivity contribution >= 4 is 5.97 Å². The van der Waals surface area contributed by atoms with Crippen molar-refractivity contribution in [3.05, 3.63) is 36.0 Å². The fourth-order valence-electron chi connectivity index (χ4n) is 1.78. The average Bonchev–Trinajstić information content (AvgIpc) is 2.70. The number of nitrogens with zero attached hydrogens (tertiary/aromatic N) is 2. The second kappa shape index (κ2) is 5.09. The molecule has 0 bridgehead atoms. The maximum atomic E-state index is 13.6. The maximum Gasteiger partial charge on any atom is 0.323 e. The first-order chi connectivity index (χ1) is 9.01. The Morgan fingerprint density at radius 3 is 2.84 bits per heavy atom. The number of hydrogen-bond acceptors (Lipinski definition) is 3. The van der Waals surface area contributed by atoms with Gasteiger partial charge in [-0.2, -0.15) is 0 Å². The van der Waals surface area contributed by atoms with E-state index < -0.39 is 11.8 Å². The number of benzene rings is 1. The lowest BCUT2D eigenvalue weighted by molar-refractivity contribution is -0.137. The third-order valence-corrected chi connectivity index (χ3v) is 2.73. The summed E-state index contributed by atoms with van der Waals surface area (Å²) in [6.45, 7) is 1.53.